The highest BCUT2D eigenvalue weighted by Crippen LogP contribution is 2.37. The molecule has 2 aromatic rings. The maximum absolute atomic E-state index is 13.1. The molecule has 0 saturated carbocycles. The minimum atomic E-state index is -3.62. The zero-order valence-electron chi connectivity index (χ0n) is 15.3. The molecule has 2 aromatic carbocycles. The number of benzene rings is 2. The van der Waals surface area contributed by atoms with Gasteiger partial charge in [0.2, 0.25) is 15.9 Å². The molecule has 1 N–H and O–H groups in total. The van der Waals surface area contributed by atoms with Gasteiger partial charge in [0, 0.05) is 41.8 Å². The smallest absolute Gasteiger partial charge is 0.243 e. The van der Waals surface area contributed by atoms with Gasteiger partial charge >= 0.3 is 0 Å². The molecule has 2 aliphatic heterocycles. The number of anilines is 2. The molecule has 28 heavy (non-hydrogen) atoms. The molecule has 6 nitrogen and oxygen atoms in total. The molecule has 1 saturated heterocycles. The maximum atomic E-state index is 13.1. The van der Waals surface area contributed by atoms with Gasteiger partial charge in [0.25, 0.3) is 0 Å². The van der Waals surface area contributed by atoms with Crippen LogP contribution >= 0.6 is 23.4 Å². The van der Waals surface area contributed by atoms with Crippen molar-refractivity contribution in [2.75, 3.05) is 36.4 Å². The molecule has 0 radical (unpaired) electrons. The molecule has 2 aliphatic rings. The number of amides is 1. The zero-order valence-corrected chi connectivity index (χ0v) is 17.6. The zero-order chi connectivity index (χ0) is 19.9. The van der Waals surface area contributed by atoms with Gasteiger partial charge < -0.3 is 10.2 Å². The van der Waals surface area contributed by atoms with Crippen LogP contribution in [0.5, 0.6) is 0 Å². The number of fused-ring (bicyclic) bond motifs is 1. The lowest BCUT2D eigenvalue weighted by Gasteiger charge is -2.35. The van der Waals surface area contributed by atoms with Crippen LogP contribution in [0.15, 0.2) is 52.3 Å². The average molecular weight is 438 g/mol. The second-order valence-electron chi connectivity index (χ2n) is 6.78. The Balaban J connectivity index is 1.51. The summed E-state index contributed by atoms with van der Waals surface area (Å²) in [4.78, 5) is 15.1. The number of nitrogens with one attached hydrogen (secondary N) is 1. The first-order valence-corrected chi connectivity index (χ1v) is 11.7. The first-order valence-electron chi connectivity index (χ1n) is 8.97. The second-order valence-corrected chi connectivity index (χ2v) is 10.5. The summed E-state index contributed by atoms with van der Waals surface area (Å²) in [5.41, 5.74) is 1.55. The van der Waals surface area contributed by atoms with E-state index in [0.29, 0.717) is 36.9 Å². The van der Waals surface area contributed by atoms with Crippen molar-refractivity contribution in [1.82, 2.24) is 4.31 Å². The van der Waals surface area contributed by atoms with E-state index in [1.807, 2.05) is 31.2 Å². The van der Waals surface area contributed by atoms with Crippen LogP contribution in [0.1, 0.15) is 6.92 Å². The molecular weight excluding hydrogens is 418 g/mol. The van der Waals surface area contributed by atoms with E-state index >= 15 is 0 Å². The third-order valence-electron chi connectivity index (χ3n) is 4.93. The van der Waals surface area contributed by atoms with Gasteiger partial charge in [-0.3, -0.25) is 4.79 Å². The molecule has 0 aliphatic carbocycles. The fourth-order valence-corrected chi connectivity index (χ4v) is 5.92. The molecule has 1 fully saturated rings. The van der Waals surface area contributed by atoms with E-state index < -0.39 is 10.0 Å². The van der Waals surface area contributed by atoms with Crippen LogP contribution in [0.25, 0.3) is 0 Å². The number of hydrogen-bond donors (Lipinski definition) is 1. The van der Waals surface area contributed by atoms with Crippen molar-refractivity contribution in [2.45, 2.75) is 22.0 Å². The number of halogens is 1. The number of carbonyl (C=O) groups excluding carboxylic acids is 1. The predicted molar refractivity (Wildman–Crippen MR) is 113 cm³/mol. The first kappa shape index (κ1) is 19.6. The predicted octanol–water partition coefficient (Wildman–Crippen LogP) is 3.28. The average Bonchev–Trinajstić information content (AvgIpc) is 2.68. The van der Waals surface area contributed by atoms with Gasteiger partial charge in [0.05, 0.1) is 15.8 Å². The Morgan fingerprint density at radius 3 is 2.57 bits per heavy atom. The van der Waals surface area contributed by atoms with Crippen LogP contribution in [0, 0.1) is 0 Å². The molecule has 9 heteroatoms. The summed E-state index contributed by atoms with van der Waals surface area (Å²) < 4.78 is 27.7. The van der Waals surface area contributed by atoms with Gasteiger partial charge in [0.1, 0.15) is 0 Å². The largest absolute Gasteiger partial charge is 0.369 e. The van der Waals surface area contributed by atoms with E-state index in [2.05, 4.69) is 10.2 Å². The lowest BCUT2D eigenvalue weighted by Crippen LogP contribution is -2.48. The monoisotopic (exact) mass is 437 g/mol. The van der Waals surface area contributed by atoms with E-state index in [4.69, 9.17) is 11.6 Å². The van der Waals surface area contributed by atoms with Gasteiger partial charge in [-0.15, -0.1) is 11.8 Å². The number of rotatable bonds is 3. The summed E-state index contributed by atoms with van der Waals surface area (Å²) in [6.07, 6.45) is 0. The van der Waals surface area contributed by atoms with Crippen LogP contribution in [0.4, 0.5) is 11.4 Å². The fourth-order valence-electron chi connectivity index (χ4n) is 3.36. The van der Waals surface area contributed by atoms with Gasteiger partial charge in [-0.05, 0) is 43.3 Å². The van der Waals surface area contributed by atoms with E-state index in [9.17, 15) is 13.2 Å². The van der Waals surface area contributed by atoms with Gasteiger partial charge in [0.15, 0.2) is 0 Å². The Morgan fingerprint density at radius 1 is 1.11 bits per heavy atom. The molecule has 0 bridgehead atoms. The first-order chi connectivity index (χ1) is 13.3. The topological polar surface area (TPSA) is 69.7 Å². The summed E-state index contributed by atoms with van der Waals surface area (Å²) in [6, 6.07) is 12.5. The highest BCUT2D eigenvalue weighted by molar-refractivity contribution is 8.01. The van der Waals surface area contributed by atoms with Crippen molar-refractivity contribution in [2.24, 2.45) is 0 Å². The lowest BCUT2D eigenvalue weighted by molar-refractivity contribution is -0.115. The van der Waals surface area contributed by atoms with Crippen LogP contribution in [0.3, 0.4) is 0 Å². The second kappa shape index (κ2) is 7.59. The van der Waals surface area contributed by atoms with Crippen LogP contribution in [-0.4, -0.2) is 50.1 Å². The molecule has 1 amide bonds. The number of nitrogens with zero attached hydrogens (tertiary/aromatic N) is 2. The maximum Gasteiger partial charge on any atom is 0.243 e. The Labute approximate surface area is 173 Å². The van der Waals surface area contributed by atoms with Crippen molar-refractivity contribution in [3.8, 4) is 0 Å². The molecule has 4 rings (SSSR count). The number of sulfonamides is 1. The Hall–Kier alpha value is -1.74. The van der Waals surface area contributed by atoms with E-state index in [-0.39, 0.29) is 16.1 Å². The Morgan fingerprint density at radius 2 is 1.86 bits per heavy atom. The third-order valence-corrected chi connectivity index (χ3v) is 8.24. The number of hydrogen-bond acceptors (Lipinski definition) is 5. The molecule has 0 unspecified atom stereocenters. The molecule has 1 atom stereocenters. The quantitative estimate of drug-likeness (QED) is 0.797. The van der Waals surface area contributed by atoms with Crippen molar-refractivity contribution in [1.29, 1.82) is 0 Å². The summed E-state index contributed by atoms with van der Waals surface area (Å²) >= 11 is 7.49. The number of piperazine rings is 1. The lowest BCUT2D eigenvalue weighted by atomic mass is 10.2. The van der Waals surface area contributed by atoms with Crippen molar-refractivity contribution in [3.63, 3.8) is 0 Å². The molecular formula is C19H20ClN3O3S2. The molecule has 0 aromatic heterocycles. The Kier molecular flexibility index (Phi) is 5.30. The standard InChI is InChI=1S/C19H20ClN3O3S2/c1-13-19(24)21-17-12-16(5-6-18(17)27-13)28(25,26)23-9-7-22(8-10-23)15-4-2-3-14(20)11-15/h2-6,11-13H,7-10H2,1H3,(H,21,24)/t13-/m1/s1. The third kappa shape index (κ3) is 3.74. The summed E-state index contributed by atoms with van der Waals surface area (Å²) in [5.74, 6) is -0.109. The molecule has 148 valence electrons. The minimum absolute atomic E-state index is 0.109. The SMILES string of the molecule is C[C@H]1Sc2ccc(S(=O)(=O)N3CCN(c4cccc(Cl)c4)CC3)cc2NC1=O. The van der Waals surface area contributed by atoms with Crippen LogP contribution in [-0.2, 0) is 14.8 Å². The molecule has 2 heterocycles. The normalized spacial score (nSPS) is 20.6. The summed E-state index contributed by atoms with van der Waals surface area (Å²) in [5, 5.41) is 3.27. The van der Waals surface area contributed by atoms with Crippen molar-refractivity contribution < 1.29 is 13.2 Å². The highest BCUT2D eigenvalue weighted by Gasteiger charge is 2.30. The molecule has 0 spiro atoms. The summed E-state index contributed by atoms with van der Waals surface area (Å²) in [7, 11) is -3.62. The van der Waals surface area contributed by atoms with Gasteiger partial charge in [-0.1, -0.05) is 17.7 Å². The minimum Gasteiger partial charge on any atom is -0.369 e. The van der Waals surface area contributed by atoms with E-state index in [1.165, 1.54) is 16.1 Å². The van der Waals surface area contributed by atoms with Gasteiger partial charge in [-0.25, -0.2) is 8.42 Å². The van der Waals surface area contributed by atoms with E-state index in [0.717, 1.165) is 10.6 Å². The highest BCUT2D eigenvalue weighted by atomic mass is 35.5. The van der Waals surface area contributed by atoms with Gasteiger partial charge in [-0.2, -0.15) is 4.31 Å². The Bertz CT molecular complexity index is 1020. The number of thioether (sulfide) groups is 1. The summed E-state index contributed by atoms with van der Waals surface area (Å²) in [6.45, 7) is 3.80. The van der Waals surface area contributed by atoms with Crippen LogP contribution in [0.2, 0.25) is 5.02 Å². The fraction of sp³-hybridized carbons (Fsp3) is 0.316. The van der Waals surface area contributed by atoms with Crippen molar-refractivity contribution in [3.05, 3.63) is 47.5 Å². The number of carbonyl (C=O) groups is 1. The van der Waals surface area contributed by atoms with Crippen molar-refractivity contribution >= 4 is 50.7 Å². The van der Waals surface area contributed by atoms with Crippen LogP contribution < -0.4 is 10.2 Å². The van der Waals surface area contributed by atoms with E-state index in [1.54, 1.807) is 18.2 Å².